The van der Waals surface area contributed by atoms with Gasteiger partial charge in [-0.15, -0.1) is 5.10 Å². The summed E-state index contributed by atoms with van der Waals surface area (Å²) in [4.78, 5) is 64.9. The number of benzene rings is 2. The number of hydrogen-bond donors (Lipinski definition) is 8. The zero-order valence-electron chi connectivity index (χ0n) is 26.0. The van der Waals surface area contributed by atoms with Crippen LogP contribution in [0.1, 0.15) is 59.4 Å². The molecule has 0 spiro atoms. The average Bonchev–Trinajstić information content (AvgIpc) is 3.56. The smallest absolute Gasteiger partial charge is 0.251 e. The number of nitrogens with two attached hydrogens (primary N) is 1. The van der Waals surface area contributed by atoms with Gasteiger partial charge in [0, 0.05) is 18.7 Å². The fourth-order valence-electron chi connectivity index (χ4n) is 4.94. The van der Waals surface area contributed by atoms with E-state index in [1.165, 1.54) is 35.1 Å². The van der Waals surface area contributed by atoms with Crippen molar-refractivity contribution < 1.29 is 28.4 Å². The number of aromatic nitrogens is 3. The molecule has 2 unspecified atom stereocenters. The van der Waals surface area contributed by atoms with Crippen LogP contribution in [-0.2, 0) is 19.2 Å². The van der Waals surface area contributed by atoms with Crippen molar-refractivity contribution in [1.82, 2.24) is 46.9 Å². The number of hydrogen-bond acceptors (Lipinski definition) is 8. The molecule has 16 nitrogen and oxygen atoms in total. The van der Waals surface area contributed by atoms with Gasteiger partial charge in [0.2, 0.25) is 23.6 Å². The number of nitrogens with zero attached hydrogens (tertiary/aromatic N) is 3. The Morgan fingerprint density at radius 2 is 1.58 bits per heavy atom. The maximum Gasteiger partial charge on any atom is 0.251 e. The quantitative estimate of drug-likeness (QED) is 0.0782. The molecular formula is C31H38FN11O5. The summed E-state index contributed by atoms with van der Waals surface area (Å²) in [5, 5.41) is 31.7. The highest BCUT2D eigenvalue weighted by Gasteiger charge is 2.29. The Labute approximate surface area is 275 Å². The Morgan fingerprint density at radius 3 is 2.31 bits per heavy atom. The van der Waals surface area contributed by atoms with Gasteiger partial charge in [0.1, 0.15) is 23.6 Å². The van der Waals surface area contributed by atoms with Crippen molar-refractivity contribution in [2.45, 2.75) is 43.8 Å². The first-order valence-electron chi connectivity index (χ1n) is 15.3. The Balaban J connectivity index is 1.59. The highest BCUT2D eigenvalue weighted by molar-refractivity contribution is 5.94. The lowest BCUT2D eigenvalue weighted by molar-refractivity contribution is -0.132. The standard InChI is InChI=1S/C31H38FN11O5/c32-21-12-10-20(11-13-21)28(46)35-14-5-9-24-30(48)39-22(8-4-15-36-31(33)34)29(47)38-16-25(44)37-17-26(45)40-27(19-6-2-1-3-7-19)23-18-43(24)42-41-23/h1-3,6-7,10-13,18,22,24,27H,4-5,8-9,14-17H2,(H,35,46)(H,37,44)(H,38,47)(H,39,48)(H,40,45)(H4,33,34,36)/t22-,24?,27?/m0/s1. The number of rotatable bonds is 10. The van der Waals surface area contributed by atoms with Gasteiger partial charge in [-0.05, 0) is 55.5 Å². The summed E-state index contributed by atoms with van der Waals surface area (Å²) >= 11 is 0. The molecule has 3 aromatic rings. The monoisotopic (exact) mass is 663 g/mol. The van der Waals surface area contributed by atoms with Gasteiger partial charge in [-0.25, -0.2) is 9.07 Å². The van der Waals surface area contributed by atoms with Gasteiger partial charge in [-0.3, -0.25) is 29.4 Å². The van der Waals surface area contributed by atoms with Gasteiger partial charge in [-0.1, -0.05) is 35.5 Å². The lowest BCUT2D eigenvalue weighted by Gasteiger charge is -2.23. The second-order valence-electron chi connectivity index (χ2n) is 11.0. The Bertz CT molecular complexity index is 1600. The van der Waals surface area contributed by atoms with Crippen molar-refractivity contribution in [2.24, 2.45) is 5.73 Å². The molecule has 0 saturated heterocycles. The highest BCUT2D eigenvalue weighted by atomic mass is 19.1. The molecule has 1 aromatic heterocycles. The molecule has 2 aromatic carbocycles. The lowest BCUT2D eigenvalue weighted by Crippen LogP contribution is -2.51. The van der Waals surface area contributed by atoms with Crippen LogP contribution in [0, 0.1) is 11.2 Å². The maximum atomic E-state index is 13.8. The minimum atomic E-state index is -1.07. The van der Waals surface area contributed by atoms with Gasteiger partial charge in [0.05, 0.1) is 25.3 Å². The highest BCUT2D eigenvalue weighted by Crippen LogP contribution is 2.22. The van der Waals surface area contributed by atoms with E-state index in [9.17, 15) is 28.4 Å². The summed E-state index contributed by atoms with van der Waals surface area (Å²) in [6, 6.07) is 11.2. The van der Waals surface area contributed by atoms with E-state index in [0.29, 0.717) is 24.1 Å². The van der Waals surface area contributed by atoms with Crippen molar-refractivity contribution in [3.05, 3.63) is 83.4 Å². The zero-order valence-corrected chi connectivity index (χ0v) is 26.0. The summed E-state index contributed by atoms with van der Waals surface area (Å²) in [6.07, 6.45) is 2.47. The predicted octanol–water partition coefficient (Wildman–Crippen LogP) is -0.632. The lowest BCUT2D eigenvalue weighted by atomic mass is 10.0. The number of carbonyl (C=O) groups is 5. The van der Waals surface area contributed by atoms with Gasteiger partial charge in [-0.2, -0.15) is 0 Å². The second-order valence-corrected chi connectivity index (χ2v) is 11.0. The zero-order chi connectivity index (χ0) is 34.5. The van der Waals surface area contributed by atoms with Crippen LogP contribution in [0.15, 0.2) is 60.8 Å². The van der Waals surface area contributed by atoms with Crippen LogP contribution in [0.4, 0.5) is 4.39 Å². The van der Waals surface area contributed by atoms with E-state index >= 15 is 0 Å². The largest absolute Gasteiger partial charge is 0.370 e. The van der Waals surface area contributed by atoms with Gasteiger partial charge in [0.15, 0.2) is 5.96 Å². The first-order chi connectivity index (χ1) is 23.1. The van der Waals surface area contributed by atoms with Crippen molar-refractivity contribution in [2.75, 3.05) is 26.2 Å². The topological polar surface area (TPSA) is 238 Å². The van der Waals surface area contributed by atoms with Crippen LogP contribution in [-0.4, -0.2) is 82.7 Å². The number of guanidine groups is 1. The fraction of sp³-hybridized carbons (Fsp3) is 0.355. The van der Waals surface area contributed by atoms with E-state index in [1.807, 2.05) is 6.07 Å². The molecule has 48 heavy (non-hydrogen) atoms. The number of halogens is 1. The van der Waals surface area contributed by atoms with Crippen LogP contribution < -0.4 is 37.6 Å². The van der Waals surface area contributed by atoms with Crippen molar-refractivity contribution in [3.8, 4) is 0 Å². The molecular weight excluding hydrogens is 625 g/mol. The third kappa shape index (κ3) is 10.3. The van der Waals surface area contributed by atoms with Gasteiger partial charge < -0.3 is 37.6 Å². The second kappa shape index (κ2) is 17.2. The van der Waals surface area contributed by atoms with Crippen LogP contribution in [0.3, 0.4) is 0 Å². The summed E-state index contributed by atoms with van der Waals surface area (Å²) in [7, 11) is 0. The molecule has 0 fully saturated rings. The van der Waals surface area contributed by atoms with Crippen molar-refractivity contribution >= 4 is 35.5 Å². The molecule has 2 bridgehead atoms. The molecule has 3 atom stereocenters. The van der Waals surface area contributed by atoms with Crippen molar-refractivity contribution in [3.63, 3.8) is 0 Å². The third-order valence-electron chi connectivity index (χ3n) is 7.42. The number of carbonyl (C=O) groups excluding carboxylic acids is 5. The summed E-state index contributed by atoms with van der Waals surface area (Å²) in [6.45, 7) is -0.379. The fourth-order valence-corrected chi connectivity index (χ4v) is 4.94. The molecule has 0 saturated carbocycles. The first-order valence-corrected chi connectivity index (χ1v) is 15.3. The molecule has 5 amide bonds. The molecule has 4 rings (SSSR count). The first kappa shape index (κ1) is 35.0. The number of nitrogens with one attached hydrogen (secondary N) is 7. The minimum absolute atomic E-state index is 0.140. The summed E-state index contributed by atoms with van der Waals surface area (Å²) in [5.41, 5.74) is 6.62. The van der Waals surface area contributed by atoms with E-state index < -0.39 is 60.0 Å². The molecule has 9 N–H and O–H groups in total. The van der Waals surface area contributed by atoms with Gasteiger partial charge in [0.25, 0.3) is 5.91 Å². The predicted molar refractivity (Wildman–Crippen MR) is 171 cm³/mol. The molecule has 17 heteroatoms. The normalized spacial score (nSPS) is 18.9. The Hall–Kier alpha value is -5.87. The summed E-state index contributed by atoms with van der Waals surface area (Å²) < 4.78 is 14.6. The van der Waals surface area contributed by atoms with E-state index in [-0.39, 0.29) is 44.0 Å². The SMILES string of the molecule is N=C(N)NCCC[C@@H]1NC(=O)C(CCCNC(=O)c2ccc(F)cc2)n2cc(nn2)C(c2ccccc2)NC(=O)CNC(=O)CNC1=O. The van der Waals surface area contributed by atoms with E-state index in [0.717, 1.165) is 0 Å². The average molecular weight is 664 g/mol. The molecule has 0 radical (unpaired) electrons. The molecule has 0 aliphatic carbocycles. The van der Waals surface area contributed by atoms with Crippen LogP contribution in [0.25, 0.3) is 0 Å². The number of amides is 5. The third-order valence-corrected chi connectivity index (χ3v) is 7.42. The van der Waals surface area contributed by atoms with E-state index in [2.05, 4.69) is 42.2 Å². The molecule has 2 heterocycles. The Kier molecular flexibility index (Phi) is 12.5. The maximum absolute atomic E-state index is 13.8. The molecule has 1 aliphatic heterocycles. The molecule has 1 aliphatic rings. The molecule has 254 valence electrons. The van der Waals surface area contributed by atoms with Crippen LogP contribution in [0.5, 0.6) is 0 Å². The van der Waals surface area contributed by atoms with Crippen molar-refractivity contribution in [1.29, 1.82) is 5.41 Å². The van der Waals surface area contributed by atoms with E-state index in [4.69, 9.17) is 11.1 Å². The Morgan fingerprint density at radius 1 is 0.896 bits per heavy atom. The number of fused-ring (bicyclic) bond motifs is 2. The van der Waals surface area contributed by atoms with Gasteiger partial charge >= 0.3 is 0 Å². The van der Waals surface area contributed by atoms with E-state index in [1.54, 1.807) is 24.3 Å². The van der Waals surface area contributed by atoms with Crippen LogP contribution >= 0.6 is 0 Å². The summed E-state index contributed by atoms with van der Waals surface area (Å²) in [5.74, 6) is -3.47. The van der Waals surface area contributed by atoms with Crippen LogP contribution in [0.2, 0.25) is 0 Å². The minimum Gasteiger partial charge on any atom is -0.370 e.